The van der Waals surface area contributed by atoms with Gasteiger partial charge in [-0.2, -0.15) is 0 Å². The number of hydrogen-bond acceptors (Lipinski definition) is 3. The van der Waals surface area contributed by atoms with Crippen LogP contribution in [0.2, 0.25) is 0 Å². The van der Waals surface area contributed by atoms with Crippen LogP contribution in [0, 0.1) is 17.8 Å². The number of ether oxygens (including phenoxy) is 1. The highest BCUT2D eigenvalue weighted by atomic mass is 16.5. The van der Waals surface area contributed by atoms with E-state index in [1.54, 1.807) is 6.92 Å². The van der Waals surface area contributed by atoms with Gasteiger partial charge in [-0.05, 0) is 0 Å². The molecule has 1 aliphatic rings. The molecular weight excluding hydrogens is 144 g/mol. The first-order valence-corrected chi connectivity index (χ1v) is 3.78. The van der Waals surface area contributed by atoms with Crippen molar-refractivity contribution < 1.29 is 14.3 Å². The summed E-state index contributed by atoms with van der Waals surface area (Å²) in [6.45, 7) is 4.03. The lowest BCUT2D eigenvalue weighted by Crippen LogP contribution is -2.37. The largest absolute Gasteiger partial charge is 0.465 e. The quantitative estimate of drug-likeness (QED) is 0.413. The molecule has 0 bridgehead atoms. The molecule has 0 saturated carbocycles. The minimum absolute atomic E-state index is 0.156. The summed E-state index contributed by atoms with van der Waals surface area (Å²) in [6, 6.07) is 0. The van der Waals surface area contributed by atoms with Crippen molar-refractivity contribution in [3.8, 4) is 0 Å². The van der Waals surface area contributed by atoms with Crippen LogP contribution in [0.25, 0.3) is 0 Å². The van der Waals surface area contributed by atoms with Gasteiger partial charge in [-0.3, -0.25) is 4.79 Å². The Hall–Kier alpha value is -0.860. The van der Waals surface area contributed by atoms with E-state index in [2.05, 4.69) is 0 Å². The molecule has 0 radical (unpaired) electrons. The Labute approximate surface area is 65.7 Å². The molecule has 1 heterocycles. The molecular formula is C8H12O3. The molecule has 11 heavy (non-hydrogen) atoms. The second kappa shape index (κ2) is 3.03. The molecule has 0 spiro atoms. The van der Waals surface area contributed by atoms with E-state index in [1.165, 1.54) is 0 Å². The first-order chi connectivity index (χ1) is 5.16. The van der Waals surface area contributed by atoms with E-state index in [-0.39, 0.29) is 23.7 Å². The first-order valence-electron chi connectivity index (χ1n) is 3.78. The van der Waals surface area contributed by atoms with E-state index in [0.717, 1.165) is 6.29 Å². The van der Waals surface area contributed by atoms with Gasteiger partial charge in [-0.1, -0.05) is 13.8 Å². The van der Waals surface area contributed by atoms with Gasteiger partial charge in [0.15, 0.2) is 0 Å². The minimum atomic E-state index is -0.267. The van der Waals surface area contributed by atoms with Crippen LogP contribution in [0.1, 0.15) is 13.8 Å². The molecule has 3 atom stereocenters. The van der Waals surface area contributed by atoms with Crippen molar-refractivity contribution in [1.82, 2.24) is 0 Å². The van der Waals surface area contributed by atoms with Gasteiger partial charge in [0.1, 0.15) is 6.29 Å². The van der Waals surface area contributed by atoms with Crippen LogP contribution in [-0.4, -0.2) is 18.9 Å². The number of hydrogen-bond donors (Lipinski definition) is 0. The summed E-state index contributed by atoms with van der Waals surface area (Å²) in [4.78, 5) is 21.4. The third-order valence-corrected chi connectivity index (χ3v) is 2.25. The fraction of sp³-hybridized carbons (Fsp3) is 0.750. The van der Waals surface area contributed by atoms with Gasteiger partial charge in [-0.15, -0.1) is 0 Å². The van der Waals surface area contributed by atoms with E-state index in [4.69, 9.17) is 4.74 Å². The first kappa shape index (κ1) is 8.24. The zero-order valence-electron chi connectivity index (χ0n) is 6.74. The molecule has 0 amide bonds. The number of rotatable bonds is 1. The number of esters is 1. The van der Waals surface area contributed by atoms with Crippen molar-refractivity contribution in [3.63, 3.8) is 0 Å². The lowest BCUT2D eigenvalue weighted by atomic mass is 9.83. The maximum atomic E-state index is 10.9. The average Bonchev–Trinajstić information content (AvgIpc) is 1.99. The molecule has 1 rings (SSSR count). The van der Waals surface area contributed by atoms with Crippen LogP contribution in [0.4, 0.5) is 0 Å². The van der Waals surface area contributed by atoms with Crippen molar-refractivity contribution in [2.75, 3.05) is 6.61 Å². The number of carbonyl (C=O) groups is 2. The summed E-state index contributed by atoms with van der Waals surface area (Å²) in [5, 5.41) is 0. The second-order valence-electron chi connectivity index (χ2n) is 3.11. The van der Waals surface area contributed by atoms with E-state index < -0.39 is 0 Å². The van der Waals surface area contributed by atoms with Crippen LogP contribution in [-0.2, 0) is 14.3 Å². The highest BCUT2D eigenvalue weighted by Crippen LogP contribution is 2.25. The molecule has 3 nitrogen and oxygen atoms in total. The van der Waals surface area contributed by atoms with Gasteiger partial charge in [0.05, 0.1) is 12.5 Å². The monoisotopic (exact) mass is 156 g/mol. The molecule has 3 heteroatoms. The number of carbonyl (C=O) groups excluding carboxylic acids is 2. The second-order valence-corrected chi connectivity index (χ2v) is 3.11. The Morgan fingerprint density at radius 1 is 1.55 bits per heavy atom. The average molecular weight is 156 g/mol. The summed E-state index contributed by atoms with van der Waals surface area (Å²) in [7, 11) is 0. The third kappa shape index (κ3) is 1.42. The topological polar surface area (TPSA) is 43.4 Å². The minimum Gasteiger partial charge on any atom is -0.465 e. The summed E-state index contributed by atoms with van der Waals surface area (Å²) in [5.74, 6) is -0.507. The van der Waals surface area contributed by atoms with Gasteiger partial charge in [0.2, 0.25) is 0 Å². The van der Waals surface area contributed by atoms with Crippen LogP contribution >= 0.6 is 0 Å². The predicted octanol–water partition coefficient (Wildman–Crippen LogP) is 0.631. The highest BCUT2D eigenvalue weighted by molar-refractivity contribution is 5.77. The summed E-state index contributed by atoms with van der Waals surface area (Å²) < 4.78 is 4.84. The van der Waals surface area contributed by atoms with Crippen molar-refractivity contribution >= 4 is 12.3 Å². The van der Waals surface area contributed by atoms with E-state index in [1.807, 2.05) is 6.92 Å². The van der Waals surface area contributed by atoms with Crippen molar-refractivity contribution in [2.45, 2.75) is 13.8 Å². The Balaban J connectivity index is 2.70. The molecule has 1 aliphatic heterocycles. The fourth-order valence-electron chi connectivity index (χ4n) is 1.36. The van der Waals surface area contributed by atoms with Gasteiger partial charge < -0.3 is 9.53 Å². The normalized spacial score (nSPS) is 38.0. The fourth-order valence-corrected chi connectivity index (χ4v) is 1.36. The standard InChI is InChI=1S/C8H12O3/c1-5-4-11-8(10)6(2)7(5)3-9/h3,5-7H,4H2,1-2H3/t5-,6+,7?/m0/s1. The molecule has 62 valence electrons. The van der Waals surface area contributed by atoms with Crippen molar-refractivity contribution in [3.05, 3.63) is 0 Å². The SMILES string of the molecule is C[C@H]1COC(=O)[C@H](C)C1C=O. The maximum Gasteiger partial charge on any atom is 0.309 e. The van der Waals surface area contributed by atoms with E-state index in [0.29, 0.717) is 6.61 Å². The zero-order chi connectivity index (χ0) is 8.43. The molecule has 0 aromatic carbocycles. The maximum absolute atomic E-state index is 10.9. The molecule has 1 fully saturated rings. The smallest absolute Gasteiger partial charge is 0.309 e. The van der Waals surface area contributed by atoms with Gasteiger partial charge in [0, 0.05) is 11.8 Å². The van der Waals surface area contributed by atoms with Crippen LogP contribution in [0.15, 0.2) is 0 Å². The summed E-state index contributed by atoms with van der Waals surface area (Å²) in [6.07, 6.45) is 0.857. The van der Waals surface area contributed by atoms with Gasteiger partial charge in [0.25, 0.3) is 0 Å². The third-order valence-electron chi connectivity index (χ3n) is 2.25. The Morgan fingerprint density at radius 2 is 2.18 bits per heavy atom. The van der Waals surface area contributed by atoms with Gasteiger partial charge in [-0.25, -0.2) is 0 Å². The van der Waals surface area contributed by atoms with Gasteiger partial charge >= 0.3 is 5.97 Å². The zero-order valence-corrected chi connectivity index (χ0v) is 6.74. The van der Waals surface area contributed by atoms with Crippen molar-refractivity contribution in [1.29, 1.82) is 0 Å². The molecule has 1 unspecified atom stereocenters. The van der Waals surface area contributed by atoms with Crippen LogP contribution < -0.4 is 0 Å². The Morgan fingerprint density at radius 3 is 2.64 bits per heavy atom. The van der Waals surface area contributed by atoms with E-state index in [9.17, 15) is 9.59 Å². The van der Waals surface area contributed by atoms with Crippen molar-refractivity contribution in [2.24, 2.45) is 17.8 Å². The number of cyclic esters (lactones) is 1. The highest BCUT2D eigenvalue weighted by Gasteiger charge is 2.34. The lowest BCUT2D eigenvalue weighted by Gasteiger charge is -2.28. The predicted molar refractivity (Wildman–Crippen MR) is 38.8 cm³/mol. The van der Waals surface area contributed by atoms with Crippen LogP contribution in [0.3, 0.4) is 0 Å². The molecule has 1 saturated heterocycles. The summed E-state index contributed by atoms with van der Waals surface area (Å²) >= 11 is 0. The Kier molecular flexibility index (Phi) is 2.27. The Bertz CT molecular complexity index is 176. The van der Waals surface area contributed by atoms with E-state index >= 15 is 0 Å². The molecule has 0 aromatic heterocycles. The summed E-state index contributed by atoms with van der Waals surface area (Å²) in [5.41, 5.74) is 0. The molecule has 0 aliphatic carbocycles. The number of aldehydes is 1. The molecule has 0 aromatic rings. The molecule has 0 N–H and O–H groups in total. The lowest BCUT2D eigenvalue weighted by molar-refractivity contribution is -0.161. The van der Waals surface area contributed by atoms with Crippen LogP contribution in [0.5, 0.6) is 0 Å².